The van der Waals surface area contributed by atoms with E-state index in [1.165, 1.54) is 6.33 Å². The summed E-state index contributed by atoms with van der Waals surface area (Å²) in [7, 11) is 3.23. The second kappa shape index (κ2) is 8.78. The van der Waals surface area contributed by atoms with Crippen molar-refractivity contribution < 1.29 is 14.3 Å². The molecule has 4 aromatic rings. The molecule has 166 valence electrons. The Morgan fingerprint density at radius 2 is 1.58 bits per heavy atom. The van der Waals surface area contributed by atoms with E-state index in [2.05, 4.69) is 22.2 Å². The van der Waals surface area contributed by atoms with Gasteiger partial charge in [-0.1, -0.05) is 48.5 Å². The summed E-state index contributed by atoms with van der Waals surface area (Å²) in [6, 6.07) is 24.9. The summed E-state index contributed by atoms with van der Waals surface area (Å²) < 4.78 is 12.5. The molecule has 1 aliphatic heterocycles. The maximum atomic E-state index is 13.8. The van der Waals surface area contributed by atoms with Gasteiger partial charge >= 0.3 is 0 Å². The maximum absolute atomic E-state index is 13.8. The Morgan fingerprint density at radius 3 is 2.30 bits per heavy atom. The molecule has 0 saturated carbocycles. The minimum atomic E-state index is -0.239. The number of rotatable bonds is 5. The Morgan fingerprint density at radius 1 is 0.848 bits per heavy atom. The first kappa shape index (κ1) is 20.8. The predicted molar refractivity (Wildman–Crippen MR) is 125 cm³/mol. The van der Waals surface area contributed by atoms with Gasteiger partial charge in [0.1, 0.15) is 17.8 Å². The number of aromatic nitrogens is 3. The normalized spacial score (nSPS) is 17.3. The zero-order valence-corrected chi connectivity index (χ0v) is 18.5. The molecular weight excluding hydrogens is 416 g/mol. The van der Waals surface area contributed by atoms with Crippen LogP contribution in [0.1, 0.15) is 40.0 Å². The van der Waals surface area contributed by atoms with Gasteiger partial charge in [0.25, 0.3) is 5.91 Å². The van der Waals surface area contributed by atoms with Crippen molar-refractivity contribution in [3.05, 3.63) is 102 Å². The molecule has 2 heterocycles. The molecule has 33 heavy (non-hydrogen) atoms. The van der Waals surface area contributed by atoms with Crippen molar-refractivity contribution in [2.45, 2.75) is 18.5 Å². The number of carbonyl (C=O) groups is 1. The smallest absolute Gasteiger partial charge is 0.261 e. The summed E-state index contributed by atoms with van der Waals surface area (Å²) in [5, 5.41) is 4.50. The molecule has 3 aromatic carbocycles. The number of amides is 1. The average Bonchev–Trinajstić information content (AvgIpc) is 3.38. The van der Waals surface area contributed by atoms with Gasteiger partial charge in [-0.15, -0.1) is 0 Å². The fourth-order valence-corrected chi connectivity index (χ4v) is 4.38. The molecule has 0 fully saturated rings. The van der Waals surface area contributed by atoms with Gasteiger partial charge in [0.2, 0.25) is 5.95 Å². The van der Waals surface area contributed by atoms with E-state index in [1.54, 1.807) is 31.3 Å². The molecule has 0 saturated heterocycles. The molecule has 0 radical (unpaired) electrons. The third-order valence-electron chi connectivity index (χ3n) is 6.04. The molecule has 2 atom stereocenters. The first-order valence-electron chi connectivity index (χ1n) is 10.8. The Kier molecular flexibility index (Phi) is 5.52. The van der Waals surface area contributed by atoms with E-state index in [9.17, 15) is 4.79 Å². The summed E-state index contributed by atoms with van der Waals surface area (Å²) >= 11 is 0. The van der Waals surface area contributed by atoms with Crippen molar-refractivity contribution in [3.8, 4) is 11.5 Å². The largest absolute Gasteiger partial charge is 0.497 e. The molecule has 1 aromatic heterocycles. The fraction of sp³-hybridized carbons (Fsp3) is 0.192. The highest BCUT2D eigenvalue weighted by Crippen LogP contribution is 2.42. The van der Waals surface area contributed by atoms with Gasteiger partial charge in [-0.05, 0) is 47.9 Å². The van der Waals surface area contributed by atoms with E-state index in [0.717, 1.165) is 16.9 Å². The maximum Gasteiger partial charge on any atom is 0.261 e. The molecule has 7 nitrogen and oxygen atoms in total. The second-order valence-corrected chi connectivity index (χ2v) is 7.86. The lowest BCUT2D eigenvalue weighted by atomic mass is 9.91. The summed E-state index contributed by atoms with van der Waals surface area (Å²) in [5.41, 5.74) is 2.65. The van der Waals surface area contributed by atoms with Crippen LogP contribution in [0.25, 0.3) is 0 Å². The molecule has 0 bridgehead atoms. The number of carbonyl (C=O) groups excluding carboxylic acids is 1. The number of hydrogen-bond acceptors (Lipinski definition) is 5. The summed E-state index contributed by atoms with van der Waals surface area (Å²) in [4.78, 5) is 20.1. The predicted octanol–water partition coefficient (Wildman–Crippen LogP) is 4.68. The molecule has 0 spiro atoms. The van der Waals surface area contributed by atoms with Gasteiger partial charge in [0, 0.05) is 5.56 Å². The van der Waals surface area contributed by atoms with Crippen molar-refractivity contribution in [2.24, 2.45) is 0 Å². The van der Waals surface area contributed by atoms with Gasteiger partial charge in [-0.25, -0.2) is 4.68 Å². The van der Waals surface area contributed by atoms with Crippen LogP contribution in [0.5, 0.6) is 11.5 Å². The number of fused-ring (bicyclic) bond motifs is 1. The summed E-state index contributed by atoms with van der Waals surface area (Å²) in [6.45, 7) is 0. The molecular formula is C26H24N4O3. The van der Waals surface area contributed by atoms with Gasteiger partial charge in [-0.3, -0.25) is 9.69 Å². The van der Waals surface area contributed by atoms with Crippen LogP contribution in [0, 0.1) is 0 Å². The zero-order chi connectivity index (χ0) is 22.8. The molecule has 7 heteroatoms. The van der Waals surface area contributed by atoms with E-state index in [-0.39, 0.29) is 18.0 Å². The summed E-state index contributed by atoms with van der Waals surface area (Å²) in [5.74, 6) is 1.75. The molecule has 0 aliphatic carbocycles. The van der Waals surface area contributed by atoms with Crippen molar-refractivity contribution >= 4 is 11.9 Å². The lowest BCUT2D eigenvalue weighted by molar-refractivity contribution is 0.0963. The SMILES string of the molecule is COc1ccc([C@H]2C[C@H](c3ccccc3)n3ncnc3N2C(=O)c2cccc(OC)c2)cc1. The van der Waals surface area contributed by atoms with Crippen LogP contribution in [0.4, 0.5) is 5.95 Å². The van der Waals surface area contributed by atoms with Crippen LogP contribution in [0.2, 0.25) is 0 Å². The second-order valence-electron chi connectivity index (χ2n) is 7.86. The van der Waals surface area contributed by atoms with Gasteiger partial charge in [0.05, 0.1) is 26.3 Å². The average molecular weight is 441 g/mol. The highest BCUT2D eigenvalue weighted by molar-refractivity contribution is 6.06. The van der Waals surface area contributed by atoms with Crippen molar-refractivity contribution in [3.63, 3.8) is 0 Å². The van der Waals surface area contributed by atoms with Crippen LogP contribution in [0.15, 0.2) is 85.2 Å². The fourth-order valence-electron chi connectivity index (χ4n) is 4.38. The van der Waals surface area contributed by atoms with Crippen LogP contribution in [-0.2, 0) is 0 Å². The monoisotopic (exact) mass is 440 g/mol. The number of methoxy groups -OCH3 is 2. The third-order valence-corrected chi connectivity index (χ3v) is 6.04. The molecule has 1 aliphatic rings. The van der Waals surface area contributed by atoms with Gasteiger partial charge < -0.3 is 9.47 Å². The highest BCUT2D eigenvalue weighted by atomic mass is 16.5. The zero-order valence-electron chi connectivity index (χ0n) is 18.5. The quantitative estimate of drug-likeness (QED) is 0.451. The number of benzene rings is 3. The first-order valence-corrected chi connectivity index (χ1v) is 10.8. The van der Waals surface area contributed by atoms with Crippen LogP contribution in [0.3, 0.4) is 0 Å². The Hall–Kier alpha value is -4.13. The van der Waals surface area contributed by atoms with Crippen LogP contribution >= 0.6 is 0 Å². The standard InChI is InChI=1S/C26H24N4O3/c1-32-21-13-11-19(12-14-21)23-16-24(18-7-4-3-5-8-18)30-26(27-17-28-30)29(23)25(31)20-9-6-10-22(15-20)33-2/h3-15,17,23-24H,16H2,1-2H3/t23-,24-/m1/s1. The van der Waals surface area contributed by atoms with Crippen molar-refractivity contribution in [1.29, 1.82) is 0 Å². The molecule has 0 unspecified atom stereocenters. The molecule has 0 N–H and O–H groups in total. The topological polar surface area (TPSA) is 69.5 Å². The Bertz CT molecular complexity index is 1250. The Balaban J connectivity index is 1.63. The van der Waals surface area contributed by atoms with E-state index < -0.39 is 0 Å². The van der Waals surface area contributed by atoms with E-state index in [1.807, 2.05) is 59.3 Å². The number of hydrogen-bond donors (Lipinski definition) is 0. The van der Waals surface area contributed by atoms with Crippen molar-refractivity contribution in [1.82, 2.24) is 14.8 Å². The van der Waals surface area contributed by atoms with Gasteiger partial charge in [-0.2, -0.15) is 10.1 Å². The summed E-state index contributed by atoms with van der Waals surface area (Å²) in [6.07, 6.45) is 2.16. The number of anilines is 1. The first-order chi connectivity index (χ1) is 16.2. The lowest BCUT2D eigenvalue weighted by Crippen LogP contribution is -2.42. The molecule has 5 rings (SSSR count). The Labute approximate surface area is 192 Å². The highest BCUT2D eigenvalue weighted by Gasteiger charge is 2.39. The van der Waals surface area contributed by atoms with E-state index >= 15 is 0 Å². The lowest BCUT2D eigenvalue weighted by Gasteiger charge is -2.39. The molecule has 1 amide bonds. The van der Waals surface area contributed by atoms with E-state index in [0.29, 0.717) is 23.7 Å². The van der Waals surface area contributed by atoms with Crippen LogP contribution in [-0.4, -0.2) is 34.9 Å². The minimum absolute atomic E-state index is 0.0508. The van der Waals surface area contributed by atoms with Crippen LogP contribution < -0.4 is 14.4 Å². The van der Waals surface area contributed by atoms with Gasteiger partial charge in [0.15, 0.2) is 0 Å². The number of ether oxygens (including phenoxy) is 2. The van der Waals surface area contributed by atoms with Crippen molar-refractivity contribution in [2.75, 3.05) is 19.1 Å². The van der Waals surface area contributed by atoms with E-state index in [4.69, 9.17) is 9.47 Å². The minimum Gasteiger partial charge on any atom is -0.497 e. The number of nitrogens with zero attached hydrogens (tertiary/aromatic N) is 4. The third kappa shape index (κ3) is 3.82.